The van der Waals surface area contributed by atoms with Crippen molar-refractivity contribution in [2.75, 3.05) is 12.3 Å². The molecule has 1 saturated heterocycles. The highest BCUT2D eigenvalue weighted by atomic mass is 35.5. The van der Waals surface area contributed by atoms with E-state index in [-0.39, 0.29) is 11.8 Å². The Balaban J connectivity index is 2.11. The highest BCUT2D eigenvalue weighted by molar-refractivity contribution is 6.32. The van der Waals surface area contributed by atoms with Crippen LogP contribution < -0.4 is 11.3 Å². The van der Waals surface area contributed by atoms with Gasteiger partial charge >= 0.3 is 0 Å². The summed E-state index contributed by atoms with van der Waals surface area (Å²) in [6.07, 6.45) is 2.93. The lowest BCUT2D eigenvalue weighted by molar-refractivity contribution is -0.0402. The standard InChI is InChI=1S/C17H19ClN4O2/c1-9-14-15(20-22(9)13-5-3-4-6-24-13)11-7-10(18)8-12(19)16(11)21(2)17(14)23/h7-8,13H,3-6,19H2,1-2H3. The van der Waals surface area contributed by atoms with Crippen molar-refractivity contribution in [2.45, 2.75) is 32.4 Å². The summed E-state index contributed by atoms with van der Waals surface area (Å²) in [5.74, 6) is 0. The first-order chi connectivity index (χ1) is 11.5. The highest BCUT2D eigenvalue weighted by Crippen LogP contribution is 2.32. The number of nitrogen functional groups attached to an aromatic ring is 1. The van der Waals surface area contributed by atoms with E-state index in [0.29, 0.717) is 27.1 Å². The average molecular weight is 347 g/mol. The predicted molar refractivity (Wildman–Crippen MR) is 95.5 cm³/mol. The lowest BCUT2D eigenvalue weighted by atomic mass is 10.1. The van der Waals surface area contributed by atoms with Crippen LogP contribution in [0.3, 0.4) is 0 Å². The number of halogens is 1. The molecule has 0 radical (unpaired) electrons. The van der Waals surface area contributed by atoms with E-state index >= 15 is 0 Å². The lowest BCUT2D eigenvalue weighted by Gasteiger charge is -2.23. The molecule has 2 aromatic heterocycles. The van der Waals surface area contributed by atoms with Crippen molar-refractivity contribution in [2.24, 2.45) is 7.05 Å². The van der Waals surface area contributed by atoms with Crippen molar-refractivity contribution < 1.29 is 4.74 Å². The first-order valence-electron chi connectivity index (χ1n) is 8.07. The molecule has 6 nitrogen and oxygen atoms in total. The quantitative estimate of drug-likeness (QED) is 0.687. The van der Waals surface area contributed by atoms with E-state index in [1.165, 1.54) is 0 Å². The van der Waals surface area contributed by atoms with Crippen LogP contribution in [0, 0.1) is 6.92 Å². The van der Waals surface area contributed by atoms with Crippen LogP contribution in [0.1, 0.15) is 31.2 Å². The molecule has 1 atom stereocenters. The number of nitrogens with zero attached hydrogens (tertiary/aromatic N) is 3. The van der Waals surface area contributed by atoms with E-state index in [4.69, 9.17) is 27.2 Å². The number of ether oxygens (including phenoxy) is 1. The molecule has 3 heterocycles. The van der Waals surface area contributed by atoms with Gasteiger partial charge in [0.1, 0.15) is 11.7 Å². The van der Waals surface area contributed by atoms with Gasteiger partial charge in [-0.05, 0) is 38.3 Å². The summed E-state index contributed by atoms with van der Waals surface area (Å²) in [5.41, 5.74) is 8.58. The van der Waals surface area contributed by atoms with Gasteiger partial charge in [-0.2, -0.15) is 5.10 Å². The highest BCUT2D eigenvalue weighted by Gasteiger charge is 2.24. The van der Waals surface area contributed by atoms with E-state index in [0.717, 1.165) is 36.9 Å². The fourth-order valence-electron chi connectivity index (χ4n) is 3.60. The fraction of sp³-hybridized carbons (Fsp3) is 0.412. The maximum absolute atomic E-state index is 12.9. The molecular weight excluding hydrogens is 328 g/mol. The van der Waals surface area contributed by atoms with Crippen LogP contribution in [0.15, 0.2) is 16.9 Å². The van der Waals surface area contributed by atoms with Gasteiger partial charge in [-0.25, -0.2) is 4.68 Å². The van der Waals surface area contributed by atoms with Crippen molar-refractivity contribution in [3.8, 4) is 0 Å². The molecule has 1 fully saturated rings. The van der Waals surface area contributed by atoms with Gasteiger partial charge in [-0.1, -0.05) is 11.6 Å². The molecule has 0 spiro atoms. The van der Waals surface area contributed by atoms with Gasteiger partial charge in [0.2, 0.25) is 0 Å². The molecule has 3 aromatic rings. The number of benzene rings is 1. The summed E-state index contributed by atoms with van der Waals surface area (Å²) in [4.78, 5) is 12.9. The number of aromatic nitrogens is 3. The maximum atomic E-state index is 12.9. The first kappa shape index (κ1) is 15.5. The average Bonchev–Trinajstić information content (AvgIpc) is 2.90. The zero-order valence-electron chi connectivity index (χ0n) is 13.7. The Morgan fingerprint density at radius 2 is 2.17 bits per heavy atom. The van der Waals surface area contributed by atoms with Crippen molar-refractivity contribution >= 4 is 39.1 Å². The van der Waals surface area contributed by atoms with Gasteiger partial charge in [0.25, 0.3) is 5.56 Å². The number of aryl methyl sites for hydroxylation is 2. The van der Waals surface area contributed by atoms with E-state index < -0.39 is 0 Å². The molecular formula is C17H19ClN4O2. The predicted octanol–water partition coefficient (Wildman–Crippen LogP) is 3.13. The smallest absolute Gasteiger partial charge is 0.262 e. The zero-order chi connectivity index (χ0) is 17.0. The maximum Gasteiger partial charge on any atom is 0.262 e. The molecule has 2 N–H and O–H groups in total. The lowest BCUT2D eigenvalue weighted by Crippen LogP contribution is -2.21. The van der Waals surface area contributed by atoms with Crippen LogP contribution in [0.25, 0.3) is 21.8 Å². The molecule has 1 aliphatic rings. The van der Waals surface area contributed by atoms with E-state index in [9.17, 15) is 4.79 Å². The van der Waals surface area contributed by atoms with Crippen LogP contribution in [-0.4, -0.2) is 21.0 Å². The van der Waals surface area contributed by atoms with Gasteiger partial charge in [0, 0.05) is 24.1 Å². The van der Waals surface area contributed by atoms with Gasteiger partial charge in [-0.3, -0.25) is 4.79 Å². The molecule has 24 heavy (non-hydrogen) atoms. The molecule has 0 aliphatic carbocycles. The number of pyridine rings is 1. The van der Waals surface area contributed by atoms with Gasteiger partial charge in [0.05, 0.1) is 22.3 Å². The van der Waals surface area contributed by atoms with Crippen LogP contribution in [0.4, 0.5) is 5.69 Å². The molecule has 7 heteroatoms. The third-order valence-electron chi connectivity index (χ3n) is 4.79. The summed E-state index contributed by atoms with van der Waals surface area (Å²) in [5, 5.41) is 6.63. The Labute approximate surface area is 143 Å². The molecule has 4 rings (SSSR count). The number of hydrogen-bond acceptors (Lipinski definition) is 4. The second-order valence-electron chi connectivity index (χ2n) is 6.33. The monoisotopic (exact) mass is 346 g/mol. The Morgan fingerprint density at radius 1 is 1.38 bits per heavy atom. The normalized spacial score (nSPS) is 18.5. The number of fused-ring (bicyclic) bond motifs is 3. The van der Waals surface area contributed by atoms with Crippen LogP contribution in [0.2, 0.25) is 5.02 Å². The number of anilines is 1. The Hall–Kier alpha value is -2.05. The van der Waals surface area contributed by atoms with Crippen LogP contribution >= 0.6 is 11.6 Å². The SMILES string of the molecule is Cc1c2c(=O)n(C)c3c(N)cc(Cl)cc3c2nn1C1CCCCO1. The van der Waals surface area contributed by atoms with Crippen molar-refractivity contribution in [3.05, 3.63) is 33.2 Å². The topological polar surface area (TPSA) is 75.1 Å². The van der Waals surface area contributed by atoms with E-state index in [2.05, 4.69) is 0 Å². The summed E-state index contributed by atoms with van der Waals surface area (Å²) >= 11 is 6.19. The minimum absolute atomic E-state index is 0.105. The minimum atomic E-state index is -0.123. The Kier molecular flexibility index (Phi) is 3.54. The third-order valence-corrected chi connectivity index (χ3v) is 5.01. The summed E-state index contributed by atoms with van der Waals surface area (Å²) < 4.78 is 9.25. The molecule has 0 saturated carbocycles. The van der Waals surface area contributed by atoms with Gasteiger partial charge in [-0.15, -0.1) is 0 Å². The van der Waals surface area contributed by atoms with Crippen molar-refractivity contribution in [3.63, 3.8) is 0 Å². The minimum Gasteiger partial charge on any atom is -0.397 e. The largest absolute Gasteiger partial charge is 0.397 e. The Bertz CT molecular complexity index is 1020. The van der Waals surface area contributed by atoms with E-state index in [1.807, 2.05) is 17.7 Å². The van der Waals surface area contributed by atoms with Gasteiger partial charge in [0.15, 0.2) is 0 Å². The molecule has 1 unspecified atom stereocenters. The molecule has 1 aromatic carbocycles. The second-order valence-corrected chi connectivity index (χ2v) is 6.77. The zero-order valence-corrected chi connectivity index (χ0v) is 14.4. The van der Waals surface area contributed by atoms with E-state index in [1.54, 1.807) is 17.7 Å². The van der Waals surface area contributed by atoms with Crippen LogP contribution in [-0.2, 0) is 11.8 Å². The second kappa shape index (κ2) is 5.50. The molecule has 1 aliphatic heterocycles. The van der Waals surface area contributed by atoms with Crippen molar-refractivity contribution in [1.29, 1.82) is 0 Å². The third kappa shape index (κ3) is 2.13. The number of hydrogen-bond donors (Lipinski definition) is 1. The summed E-state index contributed by atoms with van der Waals surface area (Å²) in [6.45, 7) is 2.63. The van der Waals surface area contributed by atoms with Crippen LogP contribution in [0.5, 0.6) is 0 Å². The number of nitrogens with two attached hydrogens (primary N) is 1. The molecule has 0 bridgehead atoms. The first-order valence-corrected chi connectivity index (χ1v) is 8.45. The summed E-state index contributed by atoms with van der Waals surface area (Å²) in [7, 11) is 1.72. The molecule has 126 valence electrons. The Morgan fingerprint density at radius 3 is 2.88 bits per heavy atom. The summed E-state index contributed by atoms with van der Waals surface area (Å²) in [6, 6.07) is 3.47. The molecule has 0 amide bonds. The van der Waals surface area contributed by atoms with Crippen molar-refractivity contribution in [1.82, 2.24) is 14.3 Å². The van der Waals surface area contributed by atoms with Gasteiger partial charge < -0.3 is 15.0 Å². The number of rotatable bonds is 1. The fourth-order valence-corrected chi connectivity index (χ4v) is 3.83.